The van der Waals surface area contributed by atoms with Crippen LogP contribution in [0.15, 0.2) is 24.8 Å². The molecular formula is C14H18O4. The lowest BCUT2D eigenvalue weighted by molar-refractivity contribution is -0.197. The second-order valence-corrected chi connectivity index (χ2v) is 4.87. The van der Waals surface area contributed by atoms with Crippen LogP contribution in [0.5, 0.6) is 0 Å². The molecule has 0 aromatic carbocycles. The van der Waals surface area contributed by atoms with E-state index in [9.17, 15) is 9.59 Å². The predicted octanol–water partition coefficient (Wildman–Crippen LogP) is 1.31. The summed E-state index contributed by atoms with van der Waals surface area (Å²) in [5.74, 6) is -0.758. The molecular weight excluding hydrogens is 232 g/mol. The van der Waals surface area contributed by atoms with Crippen molar-refractivity contribution in [1.82, 2.24) is 0 Å². The number of carbonyl (C=O) groups is 2. The summed E-state index contributed by atoms with van der Waals surface area (Å²) >= 11 is 0. The van der Waals surface area contributed by atoms with Crippen LogP contribution in [0.1, 0.15) is 13.3 Å². The Bertz CT molecular complexity index is 439. The molecule has 2 bridgehead atoms. The first-order chi connectivity index (χ1) is 8.49. The summed E-state index contributed by atoms with van der Waals surface area (Å²) in [5, 5.41) is 0. The molecule has 0 heterocycles. The number of fused-ring (bicyclic) bond motifs is 2. The van der Waals surface area contributed by atoms with Crippen molar-refractivity contribution >= 4 is 11.6 Å². The van der Waals surface area contributed by atoms with Gasteiger partial charge in [-0.25, -0.2) is 0 Å². The molecule has 0 unspecified atom stereocenters. The maximum absolute atomic E-state index is 12.5. The van der Waals surface area contributed by atoms with Gasteiger partial charge in [0, 0.05) is 20.1 Å². The van der Waals surface area contributed by atoms with Crippen LogP contribution in [0.4, 0.5) is 0 Å². The van der Waals surface area contributed by atoms with Crippen molar-refractivity contribution < 1.29 is 19.1 Å². The average molecular weight is 250 g/mol. The van der Waals surface area contributed by atoms with Crippen LogP contribution in [0.2, 0.25) is 0 Å². The molecule has 4 atom stereocenters. The number of allylic oxidation sites excluding steroid dienone is 1. The van der Waals surface area contributed by atoms with E-state index in [1.54, 1.807) is 6.08 Å². The summed E-state index contributed by atoms with van der Waals surface area (Å²) in [6.07, 6.45) is 5.55. The van der Waals surface area contributed by atoms with E-state index in [0.717, 1.165) is 0 Å². The summed E-state index contributed by atoms with van der Waals surface area (Å²) in [7, 11) is 2.95. The minimum Gasteiger partial charge on any atom is -0.370 e. The Morgan fingerprint density at radius 3 is 2.61 bits per heavy atom. The van der Waals surface area contributed by atoms with Crippen molar-refractivity contribution in [2.75, 3.05) is 14.2 Å². The van der Waals surface area contributed by atoms with Gasteiger partial charge >= 0.3 is 0 Å². The van der Waals surface area contributed by atoms with E-state index in [1.165, 1.54) is 27.2 Å². The Morgan fingerprint density at radius 1 is 1.50 bits per heavy atom. The van der Waals surface area contributed by atoms with Crippen LogP contribution in [-0.4, -0.2) is 37.0 Å². The molecule has 1 fully saturated rings. The third-order valence-corrected chi connectivity index (χ3v) is 4.30. The normalized spacial score (nSPS) is 42.1. The number of hydrogen-bond donors (Lipinski definition) is 0. The quantitative estimate of drug-likeness (QED) is 0.706. The van der Waals surface area contributed by atoms with Crippen LogP contribution < -0.4 is 0 Å². The maximum atomic E-state index is 12.5. The third-order valence-electron chi connectivity index (χ3n) is 4.30. The highest BCUT2D eigenvalue weighted by Gasteiger charge is 2.66. The number of ketones is 2. The number of ether oxygens (including phenoxy) is 2. The lowest BCUT2D eigenvalue weighted by atomic mass is 9.56. The molecule has 0 spiro atoms. The van der Waals surface area contributed by atoms with Crippen molar-refractivity contribution in [3.63, 3.8) is 0 Å². The number of rotatable bonds is 4. The van der Waals surface area contributed by atoms with Gasteiger partial charge in [-0.3, -0.25) is 9.59 Å². The van der Waals surface area contributed by atoms with Gasteiger partial charge in [0.25, 0.3) is 0 Å². The fourth-order valence-electron chi connectivity index (χ4n) is 3.36. The molecule has 3 aliphatic rings. The van der Waals surface area contributed by atoms with Crippen molar-refractivity contribution in [3.05, 3.63) is 24.8 Å². The van der Waals surface area contributed by atoms with Crippen LogP contribution in [0.3, 0.4) is 0 Å². The molecule has 3 aliphatic carbocycles. The minimum absolute atomic E-state index is 0.00183. The molecule has 0 radical (unpaired) electrons. The Labute approximate surface area is 107 Å². The van der Waals surface area contributed by atoms with Gasteiger partial charge in [-0.05, 0) is 19.4 Å². The Hall–Kier alpha value is -1.26. The highest BCUT2D eigenvalue weighted by atomic mass is 16.6. The second-order valence-electron chi connectivity index (χ2n) is 4.87. The zero-order valence-corrected chi connectivity index (χ0v) is 10.9. The van der Waals surface area contributed by atoms with Crippen LogP contribution in [-0.2, 0) is 19.1 Å². The third kappa shape index (κ3) is 1.27. The van der Waals surface area contributed by atoms with Crippen molar-refractivity contribution in [1.29, 1.82) is 0 Å². The number of carbonyl (C=O) groups excluding carboxylic acids is 2. The molecule has 0 aromatic heterocycles. The molecule has 0 amide bonds. The monoisotopic (exact) mass is 250 g/mol. The lowest BCUT2D eigenvalue weighted by Crippen LogP contribution is -2.70. The van der Waals surface area contributed by atoms with E-state index in [1.807, 2.05) is 6.08 Å². The van der Waals surface area contributed by atoms with Gasteiger partial charge in [0.05, 0.1) is 5.92 Å². The van der Waals surface area contributed by atoms with Gasteiger partial charge in [-0.1, -0.05) is 18.7 Å². The van der Waals surface area contributed by atoms with Crippen LogP contribution in [0.25, 0.3) is 0 Å². The minimum atomic E-state index is -1.27. The van der Waals surface area contributed by atoms with Gasteiger partial charge in [0.2, 0.25) is 0 Å². The molecule has 0 aliphatic heterocycles. The average Bonchev–Trinajstić information content (AvgIpc) is 2.39. The van der Waals surface area contributed by atoms with Gasteiger partial charge in [0.15, 0.2) is 11.4 Å². The molecule has 18 heavy (non-hydrogen) atoms. The topological polar surface area (TPSA) is 52.6 Å². The predicted molar refractivity (Wildman–Crippen MR) is 66.1 cm³/mol. The first-order valence-corrected chi connectivity index (χ1v) is 5.97. The molecule has 98 valence electrons. The summed E-state index contributed by atoms with van der Waals surface area (Å²) in [4.78, 5) is 24.3. The lowest BCUT2D eigenvalue weighted by Gasteiger charge is -2.55. The molecule has 0 aromatic rings. The van der Waals surface area contributed by atoms with Gasteiger partial charge < -0.3 is 9.47 Å². The van der Waals surface area contributed by atoms with E-state index in [-0.39, 0.29) is 23.4 Å². The molecule has 0 saturated heterocycles. The zero-order chi connectivity index (χ0) is 13.6. The summed E-state index contributed by atoms with van der Waals surface area (Å²) in [6, 6.07) is 0. The summed E-state index contributed by atoms with van der Waals surface area (Å²) in [6.45, 7) is 5.23. The number of hydrogen-bond acceptors (Lipinski definition) is 4. The first kappa shape index (κ1) is 13.2. The second kappa shape index (κ2) is 4.14. The van der Waals surface area contributed by atoms with E-state index in [0.29, 0.717) is 6.42 Å². The van der Waals surface area contributed by atoms with Gasteiger partial charge in [0.1, 0.15) is 11.4 Å². The Morgan fingerprint density at radius 2 is 2.17 bits per heavy atom. The molecule has 1 saturated carbocycles. The smallest absolute Gasteiger partial charge is 0.178 e. The highest BCUT2D eigenvalue weighted by Crippen LogP contribution is 2.51. The fraction of sp³-hybridized carbons (Fsp3) is 0.571. The SMILES string of the molecule is C=C[C@@]1(OC)C(=O)[C@H]2C=C[C@]1(OC)[C@H](C(C)=O)C2. The molecule has 4 nitrogen and oxygen atoms in total. The first-order valence-electron chi connectivity index (χ1n) is 5.97. The van der Waals surface area contributed by atoms with E-state index < -0.39 is 11.2 Å². The standard InChI is InChI=1S/C14H18O4/c1-5-13(17-3)12(16)10-6-7-14(13,18-4)11(8-10)9(2)15/h5-7,10-11H,1,8H2,2-4H3/t10-,11-,13+,14-/m0/s1. The highest BCUT2D eigenvalue weighted by molar-refractivity contribution is 6.00. The molecule has 0 N–H and O–H groups in total. The van der Waals surface area contributed by atoms with Crippen molar-refractivity contribution in [2.45, 2.75) is 24.5 Å². The molecule has 4 heteroatoms. The van der Waals surface area contributed by atoms with Crippen molar-refractivity contribution in [3.8, 4) is 0 Å². The number of methoxy groups -OCH3 is 2. The van der Waals surface area contributed by atoms with Gasteiger partial charge in [-0.15, -0.1) is 0 Å². The number of Topliss-reactive ketones (excluding diaryl/α,β-unsaturated/α-hetero) is 2. The fourth-order valence-corrected chi connectivity index (χ4v) is 3.36. The van der Waals surface area contributed by atoms with Crippen LogP contribution in [0, 0.1) is 11.8 Å². The van der Waals surface area contributed by atoms with Gasteiger partial charge in [-0.2, -0.15) is 0 Å². The molecule has 3 rings (SSSR count). The van der Waals surface area contributed by atoms with E-state index in [4.69, 9.17) is 9.47 Å². The summed E-state index contributed by atoms with van der Waals surface area (Å²) in [5.41, 5.74) is -2.34. The summed E-state index contributed by atoms with van der Waals surface area (Å²) < 4.78 is 11.0. The largest absolute Gasteiger partial charge is 0.370 e. The van der Waals surface area contributed by atoms with Crippen molar-refractivity contribution in [2.24, 2.45) is 11.8 Å². The maximum Gasteiger partial charge on any atom is 0.178 e. The van der Waals surface area contributed by atoms with E-state index in [2.05, 4.69) is 6.58 Å². The Kier molecular flexibility index (Phi) is 3.03. The zero-order valence-electron chi connectivity index (χ0n) is 10.9. The Balaban J connectivity index is 2.67. The van der Waals surface area contributed by atoms with Crippen LogP contribution >= 0.6 is 0 Å². The van der Waals surface area contributed by atoms with E-state index >= 15 is 0 Å².